The lowest BCUT2D eigenvalue weighted by atomic mass is 9.79. The molecule has 2 bridgehead atoms. The monoisotopic (exact) mass is 311 g/mol. The van der Waals surface area contributed by atoms with E-state index in [2.05, 4.69) is 0 Å². The van der Waals surface area contributed by atoms with Gasteiger partial charge in [-0.25, -0.2) is 14.5 Å². The van der Waals surface area contributed by atoms with Crippen molar-refractivity contribution in [2.24, 2.45) is 5.92 Å². The maximum Gasteiger partial charge on any atom is 0.418 e. The molecule has 0 radical (unpaired) electrons. The van der Waals surface area contributed by atoms with E-state index >= 15 is 0 Å². The molecular weight excluding hydrogens is 290 g/mol. The van der Waals surface area contributed by atoms with Crippen molar-refractivity contribution in [2.45, 2.75) is 58.1 Å². The highest BCUT2D eigenvalue weighted by atomic mass is 16.6. The molecule has 7 nitrogen and oxygen atoms in total. The lowest BCUT2D eigenvalue weighted by molar-refractivity contribution is -0.160. The quantitative estimate of drug-likeness (QED) is 0.717. The summed E-state index contributed by atoms with van der Waals surface area (Å²) in [6, 6.07) is 0. The Morgan fingerprint density at radius 2 is 1.95 bits per heavy atom. The van der Waals surface area contributed by atoms with Gasteiger partial charge in [-0.1, -0.05) is 0 Å². The fourth-order valence-electron chi connectivity index (χ4n) is 3.05. The summed E-state index contributed by atoms with van der Waals surface area (Å²) >= 11 is 0. The zero-order valence-electron chi connectivity index (χ0n) is 13.3. The molecule has 2 atom stereocenters. The topological polar surface area (TPSA) is 90.0 Å². The van der Waals surface area contributed by atoms with Crippen molar-refractivity contribution in [1.82, 2.24) is 4.90 Å². The Labute approximate surface area is 128 Å². The van der Waals surface area contributed by atoms with E-state index in [1.54, 1.807) is 27.7 Å². The van der Waals surface area contributed by atoms with Crippen molar-refractivity contribution in [1.29, 1.82) is 0 Å². The molecule has 2 rings (SSSR count). The lowest BCUT2D eigenvalue weighted by Crippen LogP contribution is -2.57. The van der Waals surface area contributed by atoms with Gasteiger partial charge in [0.05, 0.1) is 6.61 Å². The summed E-state index contributed by atoms with van der Waals surface area (Å²) in [4.78, 5) is 49.9. The molecule has 2 fully saturated rings. The minimum absolute atomic E-state index is 0.0548. The number of imide groups is 1. The summed E-state index contributed by atoms with van der Waals surface area (Å²) in [5.41, 5.74) is -2.36. The summed E-state index contributed by atoms with van der Waals surface area (Å²) in [5, 5.41) is 0. The van der Waals surface area contributed by atoms with Gasteiger partial charge in [0.15, 0.2) is 5.54 Å². The number of hydrogen-bond donors (Lipinski definition) is 0. The average molecular weight is 311 g/mol. The molecule has 1 aliphatic heterocycles. The molecule has 22 heavy (non-hydrogen) atoms. The number of Topliss-reactive ketones (excluding diaryl/α,β-unsaturated/α-hetero) is 1. The molecule has 2 amide bonds. The van der Waals surface area contributed by atoms with Gasteiger partial charge in [-0.05, 0) is 34.1 Å². The Balaban J connectivity index is 2.40. The normalized spacial score (nSPS) is 27.8. The van der Waals surface area contributed by atoms with Crippen molar-refractivity contribution in [3.05, 3.63) is 0 Å². The van der Waals surface area contributed by atoms with Crippen LogP contribution in [0.1, 0.15) is 47.0 Å². The Morgan fingerprint density at radius 3 is 2.50 bits per heavy atom. The van der Waals surface area contributed by atoms with E-state index < -0.39 is 35.0 Å². The molecule has 0 aromatic heterocycles. The van der Waals surface area contributed by atoms with Crippen molar-refractivity contribution in [2.75, 3.05) is 6.61 Å². The summed E-state index contributed by atoms with van der Waals surface area (Å²) < 4.78 is 10.3. The second-order valence-corrected chi connectivity index (χ2v) is 6.73. The van der Waals surface area contributed by atoms with E-state index in [-0.39, 0.29) is 31.7 Å². The molecule has 1 aliphatic carbocycles. The molecule has 1 heterocycles. The van der Waals surface area contributed by atoms with E-state index in [0.717, 1.165) is 4.90 Å². The Bertz CT molecular complexity index is 535. The first-order chi connectivity index (χ1) is 10.1. The van der Waals surface area contributed by atoms with E-state index in [0.29, 0.717) is 0 Å². The molecule has 0 spiro atoms. The number of ether oxygens (including phenoxy) is 2. The van der Waals surface area contributed by atoms with E-state index in [1.807, 2.05) is 0 Å². The van der Waals surface area contributed by atoms with Gasteiger partial charge in [0.2, 0.25) is 5.91 Å². The number of nitrogens with zero attached hydrogens (tertiary/aromatic N) is 1. The maximum atomic E-state index is 12.4. The molecule has 7 heteroatoms. The molecular formula is C15H21NO6. The molecule has 122 valence electrons. The first kappa shape index (κ1) is 16.5. The van der Waals surface area contributed by atoms with Crippen LogP contribution in [0.5, 0.6) is 0 Å². The second kappa shape index (κ2) is 5.37. The van der Waals surface area contributed by atoms with E-state index in [9.17, 15) is 19.2 Å². The molecule has 2 aliphatic rings. The predicted octanol–water partition coefficient (Wildman–Crippen LogP) is 1.43. The largest absolute Gasteiger partial charge is 0.464 e. The SMILES string of the molecule is CCOC(=O)C12CC(=O)CC(C1)C(=O)N2C(=O)OC(C)(C)C. The van der Waals surface area contributed by atoms with Gasteiger partial charge in [-0.2, -0.15) is 0 Å². The number of esters is 1. The van der Waals surface area contributed by atoms with Gasteiger partial charge in [-0.3, -0.25) is 9.59 Å². The fourth-order valence-corrected chi connectivity index (χ4v) is 3.05. The summed E-state index contributed by atoms with van der Waals surface area (Å²) in [7, 11) is 0. The number of hydrogen-bond acceptors (Lipinski definition) is 6. The molecule has 0 aromatic rings. The number of ketones is 1. The number of rotatable bonds is 2. The molecule has 1 saturated heterocycles. The van der Waals surface area contributed by atoms with Gasteiger partial charge in [0.1, 0.15) is 11.4 Å². The standard InChI is InChI=1S/C15H21NO6/c1-5-21-12(19)15-7-9(6-10(17)8-15)11(18)16(15)13(20)22-14(2,3)4/h9H,5-8H2,1-4H3. The molecule has 1 saturated carbocycles. The first-order valence-corrected chi connectivity index (χ1v) is 7.36. The van der Waals surface area contributed by atoms with Crippen LogP contribution in [0.25, 0.3) is 0 Å². The number of fused-ring (bicyclic) bond motifs is 2. The smallest absolute Gasteiger partial charge is 0.418 e. The van der Waals surface area contributed by atoms with Crippen LogP contribution in [-0.2, 0) is 23.9 Å². The van der Waals surface area contributed by atoms with Crippen molar-refractivity contribution in [3.63, 3.8) is 0 Å². The predicted molar refractivity (Wildman–Crippen MR) is 74.8 cm³/mol. The third-order valence-corrected chi connectivity index (χ3v) is 3.78. The van der Waals surface area contributed by atoms with Crippen LogP contribution in [0.3, 0.4) is 0 Å². The summed E-state index contributed by atoms with van der Waals surface area (Å²) in [5.74, 6) is -2.13. The fraction of sp³-hybridized carbons (Fsp3) is 0.733. The van der Waals surface area contributed by atoms with E-state index in [4.69, 9.17) is 9.47 Å². The van der Waals surface area contributed by atoms with Crippen LogP contribution in [0.15, 0.2) is 0 Å². The zero-order valence-corrected chi connectivity index (χ0v) is 13.3. The maximum absolute atomic E-state index is 12.4. The van der Waals surface area contributed by atoms with Crippen LogP contribution < -0.4 is 0 Å². The number of likely N-dealkylation sites (tertiary alicyclic amines) is 1. The highest BCUT2D eigenvalue weighted by Crippen LogP contribution is 2.45. The minimum Gasteiger partial charge on any atom is -0.464 e. The van der Waals surface area contributed by atoms with Crippen LogP contribution in [0.2, 0.25) is 0 Å². The van der Waals surface area contributed by atoms with Crippen LogP contribution in [-0.4, -0.2) is 46.4 Å². The van der Waals surface area contributed by atoms with Gasteiger partial charge in [0.25, 0.3) is 0 Å². The van der Waals surface area contributed by atoms with Gasteiger partial charge < -0.3 is 9.47 Å². The number of amides is 2. The van der Waals surface area contributed by atoms with Crippen LogP contribution in [0, 0.1) is 5.92 Å². The second-order valence-electron chi connectivity index (χ2n) is 6.73. The van der Waals surface area contributed by atoms with Crippen molar-refractivity contribution < 1.29 is 28.7 Å². The average Bonchev–Trinajstić information content (AvgIpc) is 2.56. The summed E-state index contributed by atoms with van der Waals surface area (Å²) in [6.07, 6.45) is -0.926. The summed E-state index contributed by atoms with van der Waals surface area (Å²) in [6.45, 7) is 6.74. The molecule has 2 unspecified atom stereocenters. The van der Waals surface area contributed by atoms with Gasteiger partial charge >= 0.3 is 12.1 Å². The van der Waals surface area contributed by atoms with Crippen molar-refractivity contribution in [3.8, 4) is 0 Å². The Kier molecular flexibility index (Phi) is 4.02. The van der Waals surface area contributed by atoms with Gasteiger partial charge in [0, 0.05) is 18.8 Å². The number of carbonyl (C=O) groups is 4. The highest BCUT2D eigenvalue weighted by Gasteiger charge is 2.63. The minimum atomic E-state index is -1.55. The Hall–Kier alpha value is -1.92. The van der Waals surface area contributed by atoms with Gasteiger partial charge in [-0.15, -0.1) is 0 Å². The number of carbonyl (C=O) groups excluding carboxylic acids is 4. The van der Waals surface area contributed by atoms with Crippen molar-refractivity contribution >= 4 is 23.8 Å². The van der Waals surface area contributed by atoms with Crippen LogP contribution >= 0.6 is 0 Å². The molecule has 0 N–H and O–H groups in total. The lowest BCUT2D eigenvalue weighted by Gasteiger charge is -2.35. The Morgan fingerprint density at radius 1 is 1.32 bits per heavy atom. The van der Waals surface area contributed by atoms with Crippen LogP contribution in [0.4, 0.5) is 4.79 Å². The molecule has 0 aromatic carbocycles. The first-order valence-electron chi connectivity index (χ1n) is 7.36. The van der Waals surface area contributed by atoms with E-state index in [1.165, 1.54) is 0 Å². The highest BCUT2D eigenvalue weighted by molar-refractivity contribution is 6.08. The third-order valence-electron chi connectivity index (χ3n) is 3.78. The third kappa shape index (κ3) is 2.71. The zero-order chi connectivity index (χ0) is 16.7.